The maximum absolute atomic E-state index is 13.2. The standard InChI is InChI=1S/C24H19Cl2F2NO6/c1-13(30)33-22(14-5-3-2-4-6-14)23(32)34-21(10-16-17(25)11-29-12-18(16)26)15-7-8-20(19(31)9-15)35-24(27)28/h2-9,11-12,21-22,24,31H,10H2,1H3. The summed E-state index contributed by atoms with van der Waals surface area (Å²) in [5.74, 6) is -2.69. The van der Waals surface area contributed by atoms with Gasteiger partial charge in [-0.05, 0) is 23.3 Å². The first-order chi connectivity index (χ1) is 16.7. The average molecular weight is 526 g/mol. The lowest BCUT2D eigenvalue weighted by atomic mass is 10.0. The fourth-order valence-electron chi connectivity index (χ4n) is 3.22. The summed E-state index contributed by atoms with van der Waals surface area (Å²) in [5, 5.41) is 10.6. The molecule has 2 unspecified atom stereocenters. The molecule has 7 nitrogen and oxygen atoms in total. The van der Waals surface area contributed by atoms with Crippen LogP contribution in [0.5, 0.6) is 11.5 Å². The summed E-state index contributed by atoms with van der Waals surface area (Å²) in [4.78, 5) is 28.7. The number of hydrogen-bond donors (Lipinski definition) is 1. The quantitative estimate of drug-likeness (QED) is 0.351. The Morgan fingerprint density at radius 2 is 1.66 bits per heavy atom. The summed E-state index contributed by atoms with van der Waals surface area (Å²) in [6.45, 7) is -2.00. The summed E-state index contributed by atoms with van der Waals surface area (Å²) in [7, 11) is 0. The van der Waals surface area contributed by atoms with Gasteiger partial charge < -0.3 is 19.3 Å². The molecule has 1 aromatic heterocycles. The van der Waals surface area contributed by atoms with Crippen LogP contribution >= 0.6 is 23.2 Å². The van der Waals surface area contributed by atoms with E-state index in [0.717, 1.165) is 19.1 Å². The largest absolute Gasteiger partial charge is 0.504 e. The number of ether oxygens (including phenoxy) is 3. The SMILES string of the molecule is CC(=O)OC(C(=O)OC(Cc1c(Cl)cncc1Cl)c1ccc(OC(F)F)c(O)c1)c1ccccc1. The van der Waals surface area contributed by atoms with Crippen molar-refractivity contribution >= 4 is 35.1 Å². The number of aromatic nitrogens is 1. The Kier molecular flexibility index (Phi) is 8.84. The van der Waals surface area contributed by atoms with E-state index in [0.29, 0.717) is 11.1 Å². The second-order valence-corrected chi connectivity index (χ2v) is 8.03. The van der Waals surface area contributed by atoms with E-state index in [4.69, 9.17) is 32.7 Å². The number of esters is 2. The first kappa shape index (κ1) is 26.2. The Labute approximate surface area is 209 Å². The second kappa shape index (κ2) is 11.8. The Hall–Kier alpha value is -3.43. The van der Waals surface area contributed by atoms with Crippen LogP contribution in [0.4, 0.5) is 8.78 Å². The van der Waals surface area contributed by atoms with Crippen LogP contribution in [0.25, 0.3) is 0 Å². The minimum absolute atomic E-state index is 0.0675. The minimum atomic E-state index is -3.15. The van der Waals surface area contributed by atoms with Crippen LogP contribution in [0.3, 0.4) is 0 Å². The zero-order valence-electron chi connectivity index (χ0n) is 18.2. The van der Waals surface area contributed by atoms with Crippen molar-refractivity contribution in [3.63, 3.8) is 0 Å². The third kappa shape index (κ3) is 7.03. The van der Waals surface area contributed by atoms with E-state index >= 15 is 0 Å². The lowest BCUT2D eigenvalue weighted by molar-refractivity contribution is -0.171. The molecular weight excluding hydrogens is 507 g/mol. The Morgan fingerprint density at radius 3 is 2.23 bits per heavy atom. The highest BCUT2D eigenvalue weighted by molar-refractivity contribution is 6.35. The number of alkyl halides is 2. The lowest BCUT2D eigenvalue weighted by Crippen LogP contribution is -2.24. The molecule has 3 rings (SSSR count). The molecule has 0 saturated heterocycles. The molecule has 0 amide bonds. The summed E-state index contributed by atoms with van der Waals surface area (Å²) in [6.07, 6.45) is 0.138. The first-order valence-electron chi connectivity index (χ1n) is 10.1. The van der Waals surface area contributed by atoms with Gasteiger partial charge in [-0.1, -0.05) is 59.6 Å². The van der Waals surface area contributed by atoms with Crippen molar-refractivity contribution in [1.82, 2.24) is 4.98 Å². The highest BCUT2D eigenvalue weighted by Gasteiger charge is 2.30. The first-order valence-corrected chi connectivity index (χ1v) is 10.9. The number of nitrogens with zero attached hydrogens (tertiary/aromatic N) is 1. The van der Waals surface area contributed by atoms with Gasteiger partial charge in [0.1, 0.15) is 6.10 Å². The van der Waals surface area contributed by atoms with E-state index in [2.05, 4.69) is 9.72 Å². The number of benzene rings is 2. The van der Waals surface area contributed by atoms with E-state index in [-0.39, 0.29) is 22.0 Å². The number of halogens is 4. The Bertz CT molecular complexity index is 1180. The van der Waals surface area contributed by atoms with Gasteiger partial charge in [0.2, 0.25) is 6.10 Å². The highest BCUT2D eigenvalue weighted by atomic mass is 35.5. The molecule has 0 aliphatic heterocycles. The van der Waals surface area contributed by atoms with E-state index in [1.54, 1.807) is 30.3 Å². The molecule has 1 N–H and O–H groups in total. The maximum Gasteiger partial charge on any atom is 0.387 e. The summed E-state index contributed by atoms with van der Waals surface area (Å²) in [5.41, 5.74) is 0.975. The smallest absolute Gasteiger partial charge is 0.387 e. The number of hydrogen-bond acceptors (Lipinski definition) is 7. The number of carbonyl (C=O) groups excluding carboxylic acids is 2. The predicted molar refractivity (Wildman–Crippen MR) is 122 cm³/mol. The molecule has 0 aliphatic carbocycles. The molecule has 0 aliphatic rings. The third-order valence-electron chi connectivity index (χ3n) is 4.77. The molecule has 0 radical (unpaired) electrons. The second-order valence-electron chi connectivity index (χ2n) is 7.22. The van der Waals surface area contributed by atoms with Crippen molar-refractivity contribution in [1.29, 1.82) is 0 Å². The maximum atomic E-state index is 13.2. The van der Waals surface area contributed by atoms with Crippen LogP contribution in [0.1, 0.15) is 35.8 Å². The minimum Gasteiger partial charge on any atom is -0.504 e. The van der Waals surface area contributed by atoms with Crippen molar-refractivity contribution < 1.29 is 37.7 Å². The molecular formula is C24H19Cl2F2NO6. The number of rotatable bonds is 9. The van der Waals surface area contributed by atoms with Crippen LogP contribution in [-0.2, 0) is 25.5 Å². The summed E-state index contributed by atoms with van der Waals surface area (Å²) < 4.78 is 40.3. The van der Waals surface area contributed by atoms with Gasteiger partial charge in [0.25, 0.3) is 0 Å². The number of carbonyl (C=O) groups is 2. The van der Waals surface area contributed by atoms with Gasteiger partial charge in [0.05, 0.1) is 10.0 Å². The van der Waals surface area contributed by atoms with Crippen LogP contribution in [0.2, 0.25) is 10.0 Å². The lowest BCUT2D eigenvalue weighted by Gasteiger charge is -2.23. The normalized spacial score (nSPS) is 12.6. The number of phenols is 1. The molecule has 11 heteroatoms. The zero-order valence-corrected chi connectivity index (χ0v) is 19.7. The van der Waals surface area contributed by atoms with Crippen LogP contribution in [0.15, 0.2) is 60.9 Å². The molecule has 1 heterocycles. The fraction of sp³-hybridized carbons (Fsp3) is 0.208. The number of aromatic hydroxyl groups is 1. The Morgan fingerprint density at radius 1 is 1.00 bits per heavy atom. The predicted octanol–water partition coefficient (Wildman–Crippen LogP) is 5.83. The van der Waals surface area contributed by atoms with E-state index in [1.807, 2.05) is 0 Å². The average Bonchev–Trinajstić information content (AvgIpc) is 2.80. The molecule has 0 fully saturated rings. The Balaban J connectivity index is 1.98. The van der Waals surface area contributed by atoms with E-state index in [9.17, 15) is 23.5 Å². The van der Waals surface area contributed by atoms with Gasteiger partial charge in [-0.2, -0.15) is 8.78 Å². The molecule has 0 spiro atoms. The van der Waals surface area contributed by atoms with Crippen LogP contribution in [0, 0.1) is 0 Å². The van der Waals surface area contributed by atoms with Gasteiger partial charge in [-0.3, -0.25) is 9.78 Å². The van der Waals surface area contributed by atoms with Crippen molar-refractivity contribution in [2.75, 3.05) is 0 Å². The van der Waals surface area contributed by atoms with Crippen LogP contribution < -0.4 is 4.74 Å². The van der Waals surface area contributed by atoms with Crippen molar-refractivity contribution in [2.24, 2.45) is 0 Å². The van der Waals surface area contributed by atoms with Gasteiger partial charge in [0.15, 0.2) is 11.5 Å². The topological polar surface area (TPSA) is 95.0 Å². The van der Waals surface area contributed by atoms with Crippen molar-refractivity contribution in [3.8, 4) is 11.5 Å². The molecule has 35 heavy (non-hydrogen) atoms. The van der Waals surface area contributed by atoms with Crippen molar-refractivity contribution in [3.05, 3.63) is 87.7 Å². The van der Waals surface area contributed by atoms with Crippen molar-refractivity contribution in [2.45, 2.75) is 32.2 Å². The number of pyridine rings is 1. The van der Waals surface area contributed by atoms with Gasteiger partial charge in [-0.15, -0.1) is 0 Å². The fourth-order valence-corrected chi connectivity index (χ4v) is 3.74. The molecule has 184 valence electrons. The third-order valence-corrected chi connectivity index (χ3v) is 5.42. The highest BCUT2D eigenvalue weighted by Crippen LogP contribution is 2.36. The molecule has 2 aromatic carbocycles. The van der Waals surface area contributed by atoms with Gasteiger partial charge >= 0.3 is 18.6 Å². The molecule has 2 atom stereocenters. The summed E-state index contributed by atoms with van der Waals surface area (Å²) >= 11 is 12.5. The molecule has 0 bridgehead atoms. The van der Waals surface area contributed by atoms with E-state index < -0.39 is 42.3 Å². The van der Waals surface area contributed by atoms with Gasteiger partial charge in [-0.25, -0.2) is 4.79 Å². The molecule has 0 saturated carbocycles. The van der Waals surface area contributed by atoms with Gasteiger partial charge in [0, 0.05) is 31.3 Å². The monoisotopic (exact) mass is 525 g/mol. The zero-order chi connectivity index (χ0) is 25.5. The summed E-state index contributed by atoms with van der Waals surface area (Å²) in [6, 6.07) is 11.8. The molecule has 3 aromatic rings. The van der Waals surface area contributed by atoms with E-state index in [1.165, 1.54) is 18.5 Å². The number of phenolic OH excluding ortho intramolecular Hbond substituents is 1. The van der Waals surface area contributed by atoms with Crippen LogP contribution in [-0.4, -0.2) is 28.6 Å².